The average Bonchev–Trinajstić information content (AvgIpc) is 2.37. The van der Waals surface area contributed by atoms with Gasteiger partial charge in [-0.2, -0.15) is 0 Å². The number of hydrogen-bond acceptors (Lipinski definition) is 3. The molecule has 0 saturated carbocycles. The molecule has 6 heteroatoms. The van der Waals surface area contributed by atoms with E-state index in [0.29, 0.717) is 18.7 Å². The molecule has 1 N–H and O–H groups in total. The van der Waals surface area contributed by atoms with E-state index in [1.807, 2.05) is 0 Å². The summed E-state index contributed by atoms with van der Waals surface area (Å²) in [7, 11) is 0. The number of nitrogens with zero attached hydrogens (tertiary/aromatic N) is 3. The molecular formula is C12H11N3O3. The molecule has 0 amide bonds. The molecule has 0 unspecified atom stereocenters. The van der Waals surface area contributed by atoms with E-state index in [4.69, 9.17) is 15.4 Å². The van der Waals surface area contributed by atoms with Gasteiger partial charge in [0.1, 0.15) is 5.75 Å². The molecule has 0 fully saturated rings. The van der Waals surface area contributed by atoms with Crippen LogP contribution in [0.1, 0.15) is 12.0 Å². The van der Waals surface area contributed by atoms with Gasteiger partial charge >= 0.3 is 5.97 Å². The third-order valence-corrected chi connectivity index (χ3v) is 1.85. The van der Waals surface area contributed by atoms with E-state index in [9.17, 15) is 4.79 Å². The first-order valence-corrected chi connectivity index (χ1v) is 5.17. The van der Waals surface area contributed by atoms with Crippen LogP contribution in [0.5, 0.6) is 5.75 Å². The van der Waals surface area contributed by atoms with Gasteiger partial charge < -0.3 is 9.84 Å². The molecule has 0 heterocycles. The van der Waals surface area contributed by atoms with Gasteiger partial charge in [0.15, 0.2) is 6.61 Å². The molecule has 0 spiro atoms. The van der Waals surface area contributed by atoms with Crippen molar-refractivity contribution in [3.8, 4) is 17.6 Å². The summed E-state index contributed by atoms with van der Waals surface area (Å²) in [6.07, 6.45) is 0.501. The fourth-order valence-corrected chi connectivity index (χ4v) is 1.09. The Morgan fingerprint density at radius 1 is 1.44 bits per heavy atom. The molecule has 1 aromatic rings. The van der Waals surface area contributed by atoms with Gasteiger partial charge in [-0.3, -0.25) is 0 Å². The Labute approximate surface area is 104 Å². The molecule has 18 heavy (non-hydrogen) atoms. The summed E-state index contributed by atoms with van der Waals surface area (Å²) in [5.41, 5.74) is 8.85. The number of ether oxygens (including phenoxy) is 1. The second kappa shape index (κ2) is 7.60. The minimum atomic E-state index is -1.02. The van der Waals surface area contributed by atoms with Gasteiger partial charge in [-0.15, -0.1) is 0 Å². The quantitative estimate of drug-likeness (QED) is 0.283. The summed E-state index contributed by atoms with van der Waals surface area (Å²) in [6.45, 7) is -0.0134. The van der Waals surface area contributed by atoms with Crippen LogP contribution in [0, 0.1) is 11.8 Å². The van der Waals surface area contributed by atoms with Crippen LogP contribution in [0.25, 0.3) is 10.4 Å². The fourth-order valence-electron chi connectivity index (χ4n) is 1.09. The molecule has 0 saturated heterocycles. The predicted molar refractivity (Wildman–Crippen MR) is 65.1 cm³/mol. The van der Waals surface area contributed by atoms with Crippen LogP contribution in [0.2, 0.25) is 0 Å². The number of hydrogen-bond donors (Lipinski definition) is 1. The van der Waals surface area contributed by atoms with Gasteiger partial charge in [-0.05, 0) is 29.8 Å². The van der Waals surface area contributed by atoms with Crippen molar-refractivity contribution in [1.82, 2.24) is 0 Å². The van der Waals surface area contributed by atoms with Gasteiger partial charge in [-0.1, -0.05) is 17.0 Å². The standard InChI is InChI=1S/C12H11N3O3/c13-15-14-8-2-1-3-10-4-6-11(7-5-10)18-9-12(16)17/h4-7H,2,8-9H2,(H,16,17). The highest BCUT2D eigenvalue weighted by atomic mass is 16.5. The molecule has 1 rings (SSSR count). The van der Waals surface area contributed by atoms with E-state index in [1.165, 1.54) is 0 Å². The Balaban J connectivity index is 2.49. The van der Waals surface area contributed by atoms with E-state index in [1.54, 1.807) is 24.3 Å². The maximum Gasteiger partial charge on any atom is 0.341 e. The van der Waals surface area contributed by atoms with Crippen LogP contribution in [0.3, 0.4) is 0 Å². The van der Waals surface area contributed by atoms with Gasteiger partial charge in [0.25, 0.3) is 0 Å². The van der Waals surface area contributed by atoms with E-state index in [-0.39, 0.29) is 6.61 Å². The van der Waals surface area contributed by atoms with Gasteiger partial charge in [0.05, 0.1) is 0 Å². The van der Waals surface area contributed by atoms with E-state index in [2.05, 4.69) is 21.9 Å². The van der Waals surface area contributed by atoms with Crippen molar-refractivity contribution in [3.63, 3.8) is 0 Å². The average molecular weight is 245 g/mol. The Morgan fingerprint density at radius 3 is 2.78 bits per heavy atom. The van der Waals surface area contributed by atoms with Crippen molar-refractivity contribution >= 4 is 5.97 Å². The zero-order chi connectivity index (χ0) is 13.2. The SMILES string of the molecule is [N-]=[N+]=NCCC#Cc1ccc(OCC(=O)O)cc1. The van der Waals surface area contributed by atoms with Crippen LogP contribution in [0.4, 0.5) is 0 Å². The highest BCUT2D eigenvalue weighted by molar-refractivity contribution is 5.68. The number of carboxylic acid groups (broad SMARTS) is 1. The maximum atomic E-state index is 10.3. The number of azide groups is 1. The van der Waals surface area contributed by atoms with Gasteiger partial charge in [0.2, 0.25) is 0 Å². The number of rotatable bonds is 5. The Hall–Kier alpha value is -2.64. The summed E-state index contributed by atoms with van der Waals surface area (Å²) in [5.74, 6) is 5.21. The summed E-state index contributed by atoms with van der Waals surface area (Å²) in [5, 5.41) is 11.8. The predicted octanol–water partition coefficient (Wildman–Crippen LogP) is 2.20. The van der Waals surface area contributed by atoms with Crippen molar-refractivity contribution in [2.45, 2.75) is 6.42 Å². The molecule has 0 radical (unpaired) electrons. The smallest absolute Gasteiger partial charge is 0.341 e. The van der Waals surface area contributed by atoms with E-state index >= 15 is 0 Å². The lowest BCUT2D eigenvalue weighted by atomic mass is 10.2. The topological polar surface area (TPSA) is 95.3 Å². The minimum Gasteiger partial charge on any atom is -0.482 e. The lowest BCUT2D eigenvalue weighted by Gasteiger charge is -2.01. The lowest BCUT2D eigenvalue weighted by Crippen LogP contribution is -2.09. The zero-order valence-electron chi connectivity index (χ0n) is 9.54. The van der Waals surface area contributed by atoms with Crippen molar-refractivity contribution < 1.29 is 14.6 Å². The third-order valence-electron chi connectivity index (χ3n) is 1.85. The summed E-state index contributed by atoms with van der Waals surface area (Å²) in [6, 6.07) is 6.77. The number of carboxylic acids is 1. The molecule has 0 aliphatic rings. The first kappa shape index (κ1) is 13.4. The zero-order valence-corrected chi connectivity index (χ0v) is 9.54. The summed E-state index contributed by atoms with van der Waals surface area (Å²) >= 11 is 0. The highest BCUT2D eigenvalue weighted by Gasteiger charge is 1.98. The molecule has 0 atom stereocenters. The van der Waals surface area contributed by atoms with Gasteiger partial charge in [0, 0.05) is 23.4 Å². The maximum absolute atomic E-state index is 10.3. The molecule has 6 nitrogen and oxygen atoms in total. The van der Waals surface area contributed by atoms with Crippen molar-refractivity contribution in [3.05, 3.63) is 40.3 Å². The van der Waals surface area contributed by atoms with Gasteiger partial charge in [-0.25, -0.2) is 4.79 Å². The van der Waals surface area contributed by atoms with Crippen LogP contribution >= 0.6 is 0 Å². The second-order valence-electron chi connectivity index (χ2n) is 3.21. The largest absolute Gasteiger partial charge is 0.482 e. The molecule has 0 aromatic heterocycles. The third kappa shape index (κ3) is 5.45. The van der Waals surface area contributed by atoms with Crippen LogP contribution in [0.15, 0.2) is 29.4 Å². The highest BCUT2D eigenvalue weighted by Crippen LogP contribution is 2.11. The van der Waals surface area contributed by atoms with E-state index in [0.717, 1.165) is 5.56 Å². The Bertz CT molecular complexity index is 508. The second-order valence-corrected chi connectivity index (χ2v) is 3.21. The van der Waals surface area contributed by atoms with Crippen molar-refractivity contribution in [2.75, 3.05) is 13.2 Å². The molecule has 1 aromatic carbocycles. The summed E-state index contributed by atoms with van der Waals surface area (Å²) in [4.78, 5) is 12.9. The molecule has 0 bridgehead atoms. The number of benzene rings is 1. The van der Waals surface area contributed by atoms with Crippen molar-refractivity contribution in [1.29, 1.82) is 0 Å². The number of carbonyl (C=O) groups is 1. The van der Waals surface area contributed by atoms with E-state index < -0.39 is 5.97 Å². The summed E-state index contributed by atoms with van der Waals surface area (Å²) < 4.78 is 4.98. The Kier molecular flexibility index (Phi) is 5.67. The molecule has 0 aliphatic carbocycles. The van der Waals surface area contributed by atoms with Crippen LogP contribution < -0.4 is 4.74 Å². The molecule has 92 valence electrons. The first-order chi connectivity index (χ1) is 8.72. The molecular weight excluding hydrogens is 234 g/mol. The Morgan fingerprint density at radius 2 is 2.17 bits per heavy atom. The first-order valence-electron chi connectivity index (χ1n) is 5.17. The van der Waals surface area contributed by atoms with Crippen molar-refractivity contribution in [2.24, 2.45) is 5.11 Å². The normalized spacial score (nSPS) is 8.67. The van der Waals surface area contributed by atoms with Crippen LogP contribution in [-0.2, 0) is 4.79 Å². The number of aliphatic carboxylic acids is 1. The monoisotopic (exact) mass is 245 g/mol. The fraction of sp³-hybridized carbons (Fsp3) is 0.250. The molecule has 0 aliphatic heterocycles. The van der Waals surface area contributed by atoms with Crippen LogP contribution in [-0.4, -0.2) is 24.2 Å². The minimum absolute atomic E-state index is 0.351. The lowest BCUT2D eigenvalue weighted by molar-refractivity contribution is -0.139.